The molecule has 1 N–H and O–H groups in total. The first-order chi connectivity index (χ1) is 14.8. The lowest BCUT2D eigenvalue weighted by Gasteiger charge is -2.60. The maximum Gasteiger partial charge on any atom is 0.299 e. The number of aliphatic hydroxyl groups excluding tert-OH is 1. The third-order valence-corrected chi connectivity index (χ3v) is 9.45. The quantitative estimate of drug-likeness (QED) is 0.621. The number of ether oxygens (including phenoxy) is 2. The zero-order valence-electron chi connectivity index (χ0n) is 18.6. The molecular weight excluding hydrogens is 442 g/mol. The van der Waals surface area contributed by atoms with Crippen molar-refractivity contribution in [1.29, 1.82) is 0 Å². The minimum Gasteiger partial charge on any atom is -0.393 e. The van der Waals surface area contributed by atoms with E-state index in [1.807, 2.05) is 13.0 Å². The van der Waals surface area contributed by atoms with Gasteiger partial charge in [-0.1, -0.05) is 19.9 Å². The molecule has 0 aromatic carbocycles. The lowest BCUT2D eigenvalue weighted by Crippen LogP contribution is -2.65. The molecule has 4 fully saturated rings. The Balaban J connectivity index is 1.62. The molecule has 5 rings (SSSR count). The predicted octanol–water partition coefficient (Wildman–Crippen LogP) is 3.82. The molecule has 8 heteroatoms. The van der Waals surface area contributed by atoms with E-state index in [-0.39, 0.29) is 30.0 Å². The van der Waals surface area contributed by atoms with Gasteiger partial charge in [0.05, 0.1) is 17.6 Å². The first-order valence-electron chi connectivity index (χ1n) is 11.2. The second-order valence-corrected chi connectivity index (χ2v) is 11.6. The molecule has 176 valence electrons. The molecule has 5 aliphatic rings. The summed E-state index contributed by atoms with van der Waals surface area (Å²) in [5, 5.41) is 11.0. The average Bonchev–Trinajstić information content (AvgIpc) is 3.08. The third kappa shape index (κ3) is 2.65. The first kappa shape index (κ1) is 22.6. The summed E-state index contributed by atoms with van der Waals surface area (Å²) >= 11 is 6.78. The second kappa shape index (κ2) is 6.71. The highest BCUT2D eigenvalue weighted by Gasteiger charge is 2.78. The zero-order chi connectivity index (χ0) is 23.4. The zero-order valence-corrected chi connectivity index (χ0v) is 19.4. The molecule has 32 heavy (non-hydrogen) atoms. The van der Waals surface area contributed by atoms with E-state index in [1.54, 1.807) is 26.8 Å². The Morgan fingerprint density at radius 2 is 1.94 bits per heavy atom. The van der Waals surface area contributed by atoms with Crippen LogP contribution < -0.4 is 0 Å². The van der Waals surface area contributed by atoms with Crippen molar-refractivity contribution in [3.63, 3.8) is 0 Å². The van der Waals surface area contributed by atoms with E-state index in [1.165, 1.54) is 6.08 Å². The Kier molecular flexibility index (Phi) is 4.75. The van der Waals surface area contributed by atoms with Crippen molar-refractivity contribution in [3.05, 3.63) is 23.8 Å². The fraction of sp³-hybridized carbons (Fsp3) is 0.750. The van der Waals surface area contributed by atoms with Crippen LogP contribution in [-0.2, 0) is 19.1 Å². The van der Waals surface area contributed by atoms with Crippen LogP contribution in [0.1, 0.15) is 47.0 Å². The van der Waals surface area contributed by atoms with Crippen LogP contribution >= 0.6 is 11.6 Å². The number of ketones is 2. The van der Waals surface area contributed by atoms with Crippen LogP contribution in [0.15, 0.2) is 23.8 Å². The minimum atomic E-state index is -3.20. The molecule has 5 nitrogen and oxygen atoms in total. The summed E-state index contributed by atoms with van der Waals surface area (Å²) in [4.78, 5) is 25.1. The topological polar surface area (TPSA) is 72.8 Å². The van der Waals surface area contributed by atoms with Crippen LogP contribution in [0.5, 0.6) is 0 Å². The normalized spacial score (nSPS) is 51.0. The lowest BCUT2D eigenvalue weighted by atomic mass is 9.46. The molecule has 0 aromatic rings. The fourth-order valence-electron chi connectivity index (χ4n) is 8.03. The molecule has 0 spiro atoms. The molecule has 0 radical (unpaired) electrons. The summed E-state index contributed by atoms with van der Waals surface area (Å²) in [7, 11) is 0. The van der Waals surface area contributed by atoms with Gasteiger partial charge in [-0.05, 0) is 62.7 Å². The molecular formula is C24H29ClF2O5. The third-order valence-electron chi connectivity index (χ3n) is 9.03. The monoisotopic (exact) mass is 470 g/mol. The molecule has 1 heterocycles. The van der Waals surface area contributed by atoms with Crippen molar-refractivity contribution in [2.45, 2.75) is 82.4 Å². The number of hydrogen-bond acceptors (Lipinski definition) is 5. The molecule has 9 atom stereocenters. The van der Waals surface area contributed by atoms with Gasteiger partial charge in [-0.2, -0.15) is 0 Å². The number of fused-ring (bicyclic) bond motifs is 7. The number of rotatable bonds is 2. The highest BCUT2D eigenvalue weighted by molar-refractivity contribution is 6.23. The highest BCUT2D eigenvalue weighted by Crippen LogP contribution is 2.70. The predicted molar refractivity (Wildman–Crippen MR) is 112 cm³/mol. The van der Waals surface area contributed by atoms with E-state index in [9.17, 15) is 23.5 Å². The SMILES string of the molecule is CC1(C)O[C@@H]2C[C@H]3[C@@H]4C[C@H](Cl)C5=CC(=O)C=C[C@]5(C)[C@H]4[C@@H](O)C[C@]3(C)[C@]2(C(=O)C(F)F)O1. The Bertz CT molecular complexity index is 947. The lowest BCUT2D eigenvalue weighted by molar-refractivity contribution is -0.228. The van der Waals surface area contributed by atoms with Gasteiger partial charge >= 0.3 is 0 Å². The van der Waals surface area contributed by atoms with Crippen molar-refractivity contribution in [3.8, 4) is 0 Å². The number of aliphatic hydroxyl groups is 1. The van der Waals surface area contributed by atoms with Gasteiger partial charge in [0.2, 0.25) is 5.78 Å². The standard InChI is InChI=1S/C24H29ClF2O5/c1-21(2)31-17-9-13-12-8-15(25)14-7-11(28)5-6-22(14,3)18(12)16(29)10-23(13,4)24(17,32-21)19(30)20(26)27/h5-7,12-13,15-18,20,29H,8-10H2,1-4H3/t12-,13-,15-,16-,17+,18+,22-,23-,24-/m0/s1. The van der Waals surface area contributed by atoms with Gasteiger partial charge in [0.1, 0.15) is 0 Å². The van der Waals surface area contributed by atoms with Gasteiger partial charge in [-0.3, -0.25) is 9.59 Å². The number of hydrogen-bond donors (Lipinski definition) is 1. The molecule has 4 aliphatic carbocycles. The number of carbonyl (C=O) groups excluding carboxylic acids is 2. The van der Waals surface area contributed by atoms with Crippen molar-refractivity contribution in [2.75, 3.05) is 0 Å². The Labute approximate surface area is 191 Å². The van der Waals surface area contributed by atoms with Crippen molar-refractivity contribution < 1.29 is 33.0 Å². The van der Waals surface area contributed by atoms with Crippen molar-refractivity contribution >= 4 is 23.2 Å². The number of alkyl halides is 3. The summed E-state index contributed by atoms with van der Waals surface area (Å²) in [6, 6.07) is 0. The van der Waals surface area contributed by atoms with E-state index in [4.69, 9.17) is 21.1 Å². The smallest absolute Gasteiger partial charge is 0.299 e. The van der Waals surface area contributed by atoms with Gasteiger partial charge in [0.25, 0.3) is 6.43 Å². The summed E-state index contributed by atoms with van der Waals surface area (Å²) in [6.07, 6.45) is 0.998. The number of Topliss-reactive ketones (excluding diaryl/α,β-unsaturated/α-hetero) is 1. The maximum atomic E-state index is 13.9. The van der Waals surface area contributed by atoms with Crippen LogP contribution in [0.2, 0.25) is 0 Å². The first-order valence-corrected chi connectivity index (χ1v) is 11.7. The van der Waals surface area contributed by atoms with Crippen molar-refractivity contribution in [2.24, 2.45) is 28.6 Å². The van der Waals surface area contributed by atoms with Crippen LogP contribution in [-0.4, -0.2) is 52.1 Å². The van der Waals surface area contributed by atoms with Crippen LogP contribution in [0.4, 0.5) is 8.78 Å². The van der Waals surface area contributed by atoms with Crippen molar-refractivity contribution in [1.82, 2.24) is 0 Å². The average molecular weight is 471 g/mol. The molecule has 1 saturated heterocycles. The van der Waals surface area contributed by atoms with E-state index in [0.717, 1.165) is 5.57 Å². The molecule has 0 aromatic heterocycles. The number of allylic oxidation sites excluding steroid dienone is 4. The maximum absolute atomic E-state index is 13.9. The molecule has 3 saturated carbocycles. The van der Waals surface area contributed by atoms with E-state index >= 15 is 0 Å². The summed E-state index contributed by atoms with van der Waals surface area (Å²) < 4.78 is 39.9. The van der Waals surface area contributed by atoms with E-state index in [2.05, 4.69) is 0 Å². The fourth-order valence-corrected chi connectivity index (χ4v) is 8.53. The molecule has 1 aliphatic heterocycles. The van der Waals surface area contributed by atoms with Gasteiger partial charge in [-0.25, -0.2) is 8.78 Å². The summed E-state index contributed by atoms with van der Waals surface area (Å²) in [5.41, 5.74) is -2.69. The molecule has 0 unspecified atom stereocenters. The molecule has 0 amide bonds. The molecule has 0 bridgehead atoms. The Morgan fingerprint density at radius 3 is 2.59 bits per heavy atom. The summed E-state index contributed by atoms with van der Waals surface area (Å²) in [6.45, 7) is 7.03. The Morgan fingerprint density at radius 1 is 1.25 bits per heavy atom. The highest BCUT2D eigenvalue weighted by atomic mass is 35.5. The number of carbonyl (C=O) groups is 2. The van der Waals surface area contributed by atoms with Crippen LogP contribution in [0.25, 0.3) is 0 Å². The largest absolute Gasteiger partial charge is 0.393 e. The van der Waals surface area contributed by atoms with Gasteiger partial charge in [0, 0.05) is 16.7 Å². The van der Waals surface area contributed by atoms with Gasteiger partial charge in [0.15, 0.2) is 17.2 Å². The van der Waals surface area contributed by atoms with Gasteiger partial charge < -0.3 is 14.6 Å². The Hall–Kier alpha value is -1.15. The summed E-state index contributed by atoms with van der Waals surface area (Å²) in [5.74, 6) is -3.17. The minimum absolute atomic E-state index is 0.127. The van der Waals surface area contributed by atoms with E-state index < -0.39 is 52.0 Å². The van der Waals surface area contributed by atoms with E-state index in [0.29, 0.717) is 12.8 Å². The van der Waals surface area contributed by atoms with Crippen LogP contribution in [0.3, 0.4) is 0 Å². The van der Waals surface area contributed by atoms with Gasteiger partial charge in [-0.15, -0.1) is 11.6 Å². The number of halogens is 3. The second-order valence-electron chi connectivity index (χ2n) is 11.1. The van der Waals surface area contributed by atoms with Crippen LogP contribution in [0, 0.1) is 28.6 Å².